The third kappa shape index (κ3) is 5.25. The van der Waals surface area contributed by atoms with Crippen LogP contribution in [-0.4, -0.2) is 35.1 Å². The number of piperidine rings is 1. The second kappa shape index (κ2) is 9.20. The summed E-state index contributed by atoms with van der Waals surface area (Å²) in [6.45, 7) is 4.43. The topological polar surface area (TPSA) is 61.8 Å². The Morgan fingerprint density at radius 1 is 1.22 bits per heavy atom. The predicted molar refractivity (Wildman–Crippen MR) is 76.0 cm³/mol. The Kier molecular flexibility index (Phi) is 7.81. The number of nitrogens with two attached hydrogens (primary N) is 1. The number of rotatable bonds is 8. The average molecular weight is 255 g/mol. The molecular weight excluding hydrogens is 226 g/mol. The van der Waals surface area contributed by atoms with Gasteiger partial charge in [-0.2, -0.15) is 0 Å². The highest BCUT2D eigenvalue weighted by Gasteiger charge is 2.25. The van der Waals surface area contributed by atoms with Crippen molar-refractivity contribution in [3.05, 3.63) is 0 Å². The van der Waals surface area contributed by atoms with Crippen molar-refractivity contribution in [2.75, 3.05) is 13.1 Å². The van der Waals surface area contributed by atoms with Crippen LogP contribution in [0.3, 0.4) is 0 Å². The summed E-state index contributed by atoms with van der Waals surface area (Å²) in [5, 5.41) is 12.0. The van der Waals surface area contributed by atoms with Gasteiger partial charge in [-0.1, -0.05) is 50.6 Å². The van der Waals surface area contributed by atoms with Crippen LogP contribution in [0.1, 0.15) is 64.7 Å². The summed E-state index contributed by atoms with van der Waals surface area (Å²) in [4.78, 5) is 2.39. The molecule has 0 aliphatic carbocycles. The normalized spacial score (nSPS) is 22.3. The molecule has 4 heteroatoms. The van der Waals surface area contributed by atoms with Crippen molar-refractivity contribution in [3.8, 4) is 0 Å². The fourth-order valence-corrected chi connectivity index (χ4v) is 2.76. The molecule has 0 bridgehead atoms. The smallest absolute Gasteiger partial charge is 0.156 e. The van der Waals surface area contributed by atoms with Crippen molar-refractivity contribution >= 4 is 5.84 Å². The Morgan fingerprint density at radius 2 is 1.94 bits per heavy atom. The van der Waals surface area contributed by atoms with Crippen LogP contribution < -0.4 is 5.73 Å². The monoisotopic (exact) mass is 255 g/mol. The van der Waals surface area contributed by atoms with Gasteiger partial charge in [-0.25, -0.2) is 0 Å². The van der Waals surface area contributed by atoms with Gasteiger partial charge in [0, 0.05) is 0 Å². The highest BCUT2D eigenvalue weighted by molar-refractivity contribution is 5.85. The number of unbranched alkanes of at least 4 members (excludes halogenated alkanes) is 5. The molecule has 1 unspecified atom stereocenters. The molecule has 1 aliphatic heterocycles. The second-order valence-electron chi connectivity index (χ2n) is 5.34. The van der Waals surface area contributed by atoms with E-state index >= 15 is 0 Å². The average Bonchev–Trinajstić information content (AvgIpc) is 2.42. The lowest BCUT2D eigenvalue weighted by Gasteiger charge is -2.34. The van der Waals surface area contributed by atoms with Gasteiger partial charge in [-0.05, 0) is 32.4 Å². The van der Waals surface area contributed by atoms with E-state index in [1.54, 1.807) is 0 Å². The number of hydrogen-bond acceptors (Lipinski definition) is 3. The van der Waals surface area contributed by atoms with Gasteiger partial charge in [0.1, 0.15) is 0 Å². The highest BCUT2D eigenvalue weighted by atomic mass is 16.4. The first-order valence-corrected chi connectivity index (χ1v) is 7.51. The van der Waals surface area contributed by atoms with Crippen LogP contribution in [-0.2, 0) is 0 Å². The first kappa shape index (κ1) is 15.3. The van der Waals surface area contributed by atoms with Gasteiger partial charge in [0.05, 0.1) is 6.04 Å². The van der Waals surface area contributed by atoms with E-state index in [4.69, 9.17) is 10.9 Å². The Morgan fingerprint density at radius 3 is 2.67 bits per heavy atom. The molecule has 1 fully saturated rings. The lowest BCUT2D eigenvalue weighted by Crippen LogP contribution is -2.48. The molecule has 0 aromatic heterocycles. The summed E-state index contributed by atoms with van der Waals surface area (Å²) in [6, 6.07) is 0.166. The van der Waals surface area contributed by atoms with Crippen LogP contribution in [0.4, 0.5) is 0 Å². The summed E-state index contributed by atoms with van der Waals surface area (Å²) in [7, 11) is 0. The zero-order valence-corrected chi connectivity index (χ0v) is 11.8. The van der Waals surface area contributed by atoms with Crippen LogP contribution >= 0.6 is 0 Å². The molecule has 106 valence electrons. The minimum absolute atomic E-state index is 0.166. The molecule has 0 aromatic rings. The van der Waals surface area contributed by atoms with E-state index in [0.717, 1.165) is 19.5 Å². The molecule has 3 N–H and O–H groups in total. The molecular formula is C14H29N3O. The van der Waals surface area contributed by atoms with Crippen LogP contribution in [0, 0.1) is 0 Å². The maximum Gasteiger partial charge on any atom is 0.156 e. The summed E-state index contributed by atoms with van der Waals surface area (Å²) in [5.74, 6) is 0.390. The maximum atomic E-state index is 8.81. The summed E-state index contributed by atoms with van der Waals surface area (Å²) in [5.41, 5.74) is 5.77. The second-order valence-corrected chi connectivity index (χ2v) is 5.34. The standard InChI is InChI=1S/C14H29N3O/c1-2-3-4-5-6-8-11-17-12-9-7-10-13(17)14(15)16-18/h13,18H,2-12H2,1H3,(H2,15,16). The first-order chi connectivity index (χ1) is 8.79. The van der Waals surface area contributed by atoms with E-state index in [1.807, 2.05) is 0 Å². The molecule has 0 saturated carbocycles. The quantitative estimate of drug-likeness (QED) is 0.230. The fraction of sp³-hybridized carbons (Fsp3) is 0.929. The van der Waals surface area contributed by atoms with Gasteiger partial charge in [0.2, 0.25) is 0 Å². The molecule has 0 radical (unpaired) electrons. The number of nitrogens with zero attached hydrogens (tertiary/aromatic N) is 2. The summed E-state index contributed by atoms with van der Waals surface area (Å²) >= 11 is 0. The van der Waals surface area contributed by atoms with E-state index < -0.39 is 0 Å². The highest BCUT2D eigenvalue weighted by Crippen LogP contribution is 2.18. The predicted octanol–water partition coefficient (Wildman–Crippen LogP) is 2.95. The third-order valence-corrected chi connectivity index (χ3v) is 3.87. The molecule has 18 heavy (non-hydrogen) atoms. The van der Waals surface area contributed by atoms with E-state index in [1.165, 1.54) is 51.4 Å². The molecule has 1 heterocycles. The van der Waals surface area contributed by atoms with E-state index in [0.29, 0.717) is 5.84 Å². The van der Waals surface area contributed by atoms with E-state index in [-0.39, 0.29) is 6.04 Å². The molecule has 1 atom stereocenters. The SMILES string of the molecule is CCCCCCCCN1CCCCC1C(N)=NO. The summed E-state index contributed by atoms with van der Waals surface area (Å²) < 4.78 is 0. The number of oxime groups is 1. The molecule has 1 aliphatic rings. The van der Waals surface area contributed by atoms with Crippen molar-refractivity contribution in [2.45, 2.75) is 70.8 Å². The van der Waals surface area contributed by atoms with Crippen LogP contribution in [0.5, 0.6) is 0 Å². The first-order valence-electron chi connectivity index (χ1n) is 7.51. The van der Waals surface area contributed by atoms with E-state index in [2.05, 4.69) is 17.0 Å². The molecule has 0 aromatic carbocycles. The number of likely N-dealkylation sites (tertiary alicyclic amines) is 1. The van der Waals surface area contributed by atoms with E-state index in [9.17, 15) is 0 Å². The minimum Gasteiger partial charge on any atom is -0.409 e. The van der Waals surface area contributed by atoms with Gasteiger partial charge in [-0.3, -0.25) is 4.90 Å². The van der Waals surface area contributed by atoms with Gasteiger partial charge >= 0.3 is 0 Å². The summed E-state index contributed by atoms with van der Waals surface area (Å²) in [6.07, 6.45) is 11.4. The van der Waals surface area contributed by atoms with Crippen LogP contribution in [0.25, 0.3) is 0 Å². The molecule has 0 amide bonds. The van der Waals surface area contributed by atoms with Gasteiger partial charge in [-0.15, -0.1) is 0 Å². The van der Waals surface area contributed by atoms with Crippen molar-refractivity contribution in [1.82, 2.24) is 4.90 Å². The van der Waals surface area contributed by atoms with Crippen LogP contribution in [0.2, 0.25) is 0 Å². The molecule has 1 rings (SSSR count). The van der Waals surface area contributed by atoms with Crippen molar-refractivity contribution < 1.29 is 5.21 Å². The maximum absolute atomic E-state index is 8.81. The van der Waals surface area contributed by atoms with Crippen LogP contribution in [0.15, 0.2) is 5.16 Å². The Bertz CT molecular complexity index is 243. The molecule has 0 spiro atoms. The minimum atomic E-state index is 0.166. The Labute approximate surface area is 111 Å². The Balaban J connectivity index is 2.21. The molecule has 4 nitrogen and oxygen atoms in total. The zero-order chi connectivity index (χ0) is 13.2. The van der Waals surface area contributed by atoms with Crippen molar-refractivity contribution in [1.29, 1.82) is 0 Å². The largest absolute Gasteiger partial charge is 0.409 e. The zero-order valence-electron chi connectivity index (χ0n) is 11.8. The number of hydrogen-bond donors (Lipinski definition) is 2. The Hall–Kier alpha value is -0.770. The van der Waals surface area contributed by atoms with Gasteiger partial charge < -0.3 is 10.9 Å². The lowest BCUT2D eigenvalue weighted by molar-refractivity contribution is 0.182. The molecule has 1 saturated heterocycles. The fourth-order valence-electron chi connectivity index (χ4n) is 2.76. The number of amidine groups is 1. The van der Waals surface area contributed by atoms with Gasteiger partial charge in [0.15, 0.2) is 5.84 Å². The van der Waals surface area contributed by atoms with Gasteiger partial charge in [0.25, 0.3) is 0 Å². The van der Waals surface area contributed by atoms with Crippen molar-refractivity contribution in [2.24, 2.45) is 10.9 Å². The van der Waals surface area contributed by atoms with Crippen molar-refractivity contribution in [3.63, 3.8) is 0 Å². The lowest BCUT2D eigenvalue weighted by atomic mass is 10.0. The third-order valence-electron chi connectivity index (χ3n) is 3.87.